The zero-order valence-electron chi connectivity index (χ0n) is 15.5. The van der Waals surface area contributed by atoms with Crippen molar-refractivity contribution >= 4 is 41.0 Å². The third-order valence-electron chi connectivity index (χ3n) is 5.59. The molecule has 0 saturated carbocycles. The van der Waals surface area contributed by atoms with Gasteiger partial charge in [0.1, 0.15) is 0 Å². The first-order valence-corrected chi connectivity index (χ1v) is 9.79. The Balaban J connectivity index is 1.71. The van der Waals surface area contributed by atoms with Crippen LogP contribution in [0.4, 0.5) is 0 Å². The van der Waals surface area contributed by atoms with Crippen molar-refractivity contribution in [3.63, 3.8) is 0 Å². The van der Waals surface area contributed by atoms with Crippen molar-refractivity contribution < 1.29 is 9.59 Å². The zero-order chi connectivity index (χ0) is 19.8. The van der Waals surface area contributed by atoms with Gasteiger partial charge in [-0.25, -0.2) is 4.99 Å². The summed E-state index contributed by atoms with van der Waals surface area (Å²) in [6.07, 6.45) is 2.38. The number of nitrogens with two attached hydrogens (primary N) is 1. The fraction of sp³-hybridized carbons (Fsp3) is 0.526. The quantitative estimate of drug-likeness (QED) is 0.831. The number of hydrogen-bond acceptors (Lipinski definition) is 4. The maximum atomic E-state index is 12.8. The summed E-state index contributed by atoms with van der Waals surface area (Å²) in [5.74, 6) is 0.343. The molecule has 6 nitrogen and oxygen atoms in total. The molecule has 2 atom stereocenters. The zero-order valence-corrected chi connectivity index (χ0v) is 17.1. The molecule has 1 unspecified atom stereocenters. The number of hydrogen-bond donors (Lipinski definition) is 1. The lowest BCUT2D eigenvalue weighted by Crippen LogP contribution is -2.55. The number of likely N-dealkylation sites (tertiary alicyclic amines) is 1. The van der Waals surface area contributed by atoms with Crippen molar-refractivity contribution in [3.05, 3.63) is 33.8 Å². The van der Waals surface area contributed by atoms with Gasteiger partial charge in [-0.15, -0.1) is 0 Å². The van der Waals surface area contributed by atoms with Gasteiger partial charge in [-0.3, -0.25) is 14.5 Å². The molecule has 1 fully saturated rings. The molecule has 0 aliphatic carbocycles. The highest BCUT2D eigenvalue weighted by Gasteiger charge is 2.43. The first kappa shape index (κ1) is 20.0. The number of piperidine rings is 1. The van der Waals surface area contributed by atoms with E-state index >= 15 is 0 Å². The first-order valence-electron chi connectivity index (χ1n) is 9.03. The fourth-order valence-corrected chi connectivity index (χ4v) is 4.13. The molecule has 8 heteroatoms. The summed E-state index contributed by atoms with van der Waals surface area (Å²) >= 11 is 12.0. The van der Waals surface area contributed by atoms with E-state index in [-0.39, 0.29) is 30.1 Å². The Morgan fingerprint density at radius 2 is 2.11 bits per heavy atom. The lowest BCUT2D eigenvalue weighted by atomic mass is 9.77. The van der Waals surface area contributed by atoms with Gasteiger partial charge >= 0.3 is 0 Å². The Labute approximate surface area is 169 Å². The van der Waals surface area contributed by atoms with E-state index in [2.05, 4.69) is 4.99 Å². The van der Waals surface area contributed by atoms with E-state index in [9.17, 15) is 9.59 Å². The van der Waals surface area contributed by atoms with Gasteiger partial charge in [-0.2, -0.15) is 0 Å². The Bertz CT molecular complexity index is 798. The lowest BCUT2D eigenvalue weighted by molar-refractivity contribution is -0.133. The molecule has 0 aromatic heterocycles. The predicted molar refractivity (Wildman–Crippen MR) is 107 cm³/mol. The lowest BCUT2D eigenvalue weighted by Gasteiger charge is -2.43. The van der Waals surface area contributed by atoms with Gasteiger partial charge in [0, 0.05) is 26.1 Å². The van der Waals surface area contributed by atoms with Crippen molar-refractivity contribution in [2.24, 2.45) is 16.6 Å². The van der Waals surface area contributed by atoms with Crippen molar-refractivity contribution in [2.75, 3.05) is 20.1 Å². The molecule has 0 spiro atoms. The van der Waals surface area contributed by atoms with Crippen LogP contribution < -0.4 is 5.73 Å². The number of amides is 2. The summed E-state index contributed by atoms with van der Waals surface area (Å²) in [6, 6.07) is 5.24. The number of carbonyl (C=O) groups is 2. The van der Waals surface area contributed by atoms with Crippen LogP contribution in [-0.2, 0) is 16.0 Å². The minimum absolute atomic E-state index is 0.0377. The number of rotatable bonds is 3. The van der Waals surface area contributed by atoms with Crippen LogP contribution in [0.5, 0.6) is 0 Å². The topological polar surface area (TPSA) is 79.0 Å². The highest BCUT2D eigenvalue weighted by Crippen LogP contribution is 2.35. The summed E-state index contributed by atoms with van der Waals surface area (Å²) in [4.78, 5) is 32.9. The molecule has 27 heavy (non-hydrogen) atoms. The van der Waals surface area contributed by atoms with Crippen molar-refractivity contribution in [1.82, 2.24) is 9.80 Å². The molecule has 2 heterocycles. The molecule has 2 amide bonds. The number of carbonyl (C=O) groups excluding carboxylic acids is 2. The second-order valence-electron chi connectivity index (χ2n) is 7.56. The third kappa shape index (κ3) is 4.22. The van der Waals surface area contributed by atoms with E-state index in [0.29, 0.717) is 29.6 Å². The summed E-state index contributed by atoms with van der Waals surface area (Å²) in [7, 11) is 1.63. The van der Waals surface area contributed by atoms with Gasteiger partial charge < -0.3 is 10.6 Å². The SMILES string of the molecule is CN1C(=O)C[C@@](C)(C2CCCN(C(=O)Cc3ccc(Cl)c(Cl)c3)C2)N=C1N. The summed E-state index contributed by atoms with van der Waals surface area (Å²) in [5.41, 5.74) is 6.18. The molecular formula is C19H24Cl2N4O2. The molecular weight excluding hydrogens is 387 g/mol. The normalized spacial score (nSPS) is 26.1. The van der Waals surface area contributed by atoms with Crippen LogP contribution in [0, 0.1) is 5.92 Å². The molecule has 2 N–H and O–H groups in total. The minimum atomic E-state index is -0.573. The van der Waals surface area contributed by atoms with Crippen LogP contribution in [0.3, 0.4) is 0 Å². The maximum Gasteiger partial charge on any atom is 0.231 e. The molecule has 0 bridgehead atoms. The third-order valence-corrected chi connectivity index (χ3v) is 6.33. The molecule has 3 rings (SSSR count). The van der Waals surface area contributed by atoms with Gasteiger partial charge in [0.25, 0.3) is 0 Å². The van der Waals surface area contributed by atoms with Gasteiger partial charge in [0.2, 0.25) is 11.8 Å². The highest BCUT2D eigenvalue weighted by atomic mass is 35.5. The number of benzene rings is 1. The van der Waals surface area contributed by atoms with Crippen LogP contribution in [-0.4, -0.2) is 53.2 Å². The smallest absolute Gasteiger partial charge is 0.231 e. The number of aliphatic imine (C=N–C) groups is 1. The number of nitrogens with zero attached hydrogens (tertiary/aromatic N) is 3. The van der Waals surface area contributed by atoms with Gasteiger partial charge in [0.15, 0.2) is 5.96 Å². The number of guanidine groups is 1. The van der Waals surface area contributed by atoms with Gasteiger partial charge in [-0.05, 0) is 37.5 Å². The van der Waals surface area contributed by atoms with E-state index < -0.39 is 5.54 Å². The Hall–Kier alpha value is -1.79. The van der Waals surface area contributed by atoms with Crippen molar-refractivity contribution in [2.45, 2.75) is 38.1 Å². The van der Waals surface area contributed by atoms with Gasteiger partial charge in [-0.1, -0.05) is 29.3 Å². The number of halogens is 2. The van der Waals surface area contributed by atoms with E-state index in [1.807, 2.05) is 17.9 Å². The van der Waals surface area contributed by atoms with Crippen molar-refractivity contribution in [1.29, 1.82) is 0 Å². The Kier molecular flexibility index (Phi) is 5.68. The summed E-state index contributed by atoms with van der Waals surface area (Å²) < 4.78 is 0. The average Bonchev–Trinajstić information content (AvgIpc) is 2.63. The van der Waals surface area contributed by atoms with Crippen LogP contribution in [0.25, 0.3) is 0 Å². The Morgan fingerprint density at radius 3 is 2.78 bits per heavy atom. The fourth-order valence-electron chi connectivity index (χ4n) is 3.81. The van der Waals surface area contributed by atoms with E-state index in [1.54, 1.807) is 19.2 Å². The molecule has 1 aromatic rings. The largest absolute Gasteiger partial charge is 0.369 e. The minimum Gasteiger partial charge on any atom is -0.369 e. The summed E-state index contributed by atoms with van der Waals surface area (Å²) in [6.45, 7) is 3.24. The molecule has 2 aliphatic heterocycles. The van der Waals surface area contributed by atoms with Gasteiger partial charge in [0.05, 0.1) is 28.4 Å². The maximum absolute atomic E-state index is 12.8. The predicted octanol–water partition coefficient (Wildman–Crippen LogP) is 2.71. The summed E-state index contributed by atoms with van der Waals surface area (Å²) in [5, 5.41) is 0.918. The van der Waals surface area contributed by atoms with Crippen LogP contribution in [0.15, 0.2) is 23.2 Å². The highest BCUT2D eigenvalue weighted by molar-refractivity contribution is 6.42. The molecule has 1 saturated heterocycles. The molecule has 1 aromatic carbocycles. The van der Waals surface area contributed by atoms with E-state index in [4.69, 9.17) is 28.9 Å². The second kappa shape index (κ2) is 7.68. The Morgan fingerprint density at radius 1 is 1.37 bits per heavy atom. The second-order valence-corrected chi connectivity index (χ2v) is 8.38. The molecule has 2 aliphatic rings. The molecule has 0 radical (unpaired) electrons. The van der Waals surface area contributed by atoms with E-state index in [1.165, 1.54) is 4.90 Å². The van der Waals surface area contributed by atoms with E-state index in [0.717, 1.165) is 18.4 Å². The van der Waals surface area contributed by atoms with Crippen LogP contribution in [0.1, 0.15) is 31.7 Å². The monoisotopic (exact) mass is 410 g/mol. The standard InChI is InChI=1S/C19H24Cl2N4O2/c1-19(10-17(27)24(2)18(22)23-19)13-4-3-7-25(11-13)16(26)9-12-5-6-14(20)15(21)8-12/h5-6,8,13H,3-4,7,9-11H2,1-2H3,(H2,22,23)/t13?,19-/m0/s1. The van der Waals surface area contributed by atoms with Crippen molar-refractivity contribution in [3.8, 4) is 0 Å². The first-order chi connectivity index (χ1) is 12.7. The molecule has 146 valence electrons. The average molecular weight is 411 g/mol. The van der Waals surface area contributed by atoms with Crippen LogP contribution in [0.2, 0.25) is 10.0 Å². The van der Waals surface area contributed by atoms with Crippen LogP contribution >= 0.6 is 23.2 Å².